The lowest BCUT2D eigenvalue weighted by Gasteiger charge is -2.13. The lowest BCUT2D eigenvalue weighted by molar-refractivity contribution is 0.0932. The smallest absolute Gasteiger partial charge is 0.254 e. The first kappa shape index (κ1) is 16.5. The lowest BCUT2D eigenvalue weighted by atomic mass is 10.0. The second kappa shape index (κ2) is 6.62. The molecule has 2 aromatic rings. The summed E-state index contributed by atoms with van der Waals surface area (Å²) in [6, 6.07) is 0.798. The Kier molecular flexibility index (Phi) is 4.55. The maximum absolute atomic E-state index is 13.6. The van der Waals surface area contributed by atoms with Crippen molar-refractivity contribution in [3.8, 4) is 0 Å². The molecule has 1 amide bonds. The number of nitrogens with zero attached hydrogens (tertiary/aromatic N) is 2. The number of hydrogen-bond donors (Lipinski definition) is 1. The third kappa shape index (κ3) is 3.58. The van der Waals surface area contributed by atoms with E-state index in [0.717, 1.165) is 12.8 Å². The number of halogens is 3. The van der Waals surface area contributed by atoms with Crippen LogP contribution in [0.25, 0.3) is 0 Å². The minimum atomic E-state index is -1.32. The molecular formula is C16H16F3N3O2. The molecule has 128 valence electrons. The van der Waals surface area contributed by atoms with Crippen LogP contribution in [0.2, 0.25) is 0 Å². The topological polar surface area (TPSA) is 68.0 Å². The van der Waals surface area contributed by atoms with Gasteiger partial charge in [0.1, 0.15) is 5.82 Å². The molecule has 1 saturated carbocycles. The van der Waals surface area contributed by atoms with Crippen molar-refractivity contribution in [2.75, 3.05) is 0 Å². The third-order valence-corrected chi connectivity index (χ3v) is 4.16. The number of benzene rings is 1. The Balaban J connectivity index is 1.59. The van der Waals surface area contributed by atoms with E-state index < -0.39 is 28.9 Å². The summed E-state index contributed by atoms with van der Waals surface area (Å²) < 4.78 is 45.1. The van der Waals surface area contributed by atoms with Crippen LogP contribution < -0.4 is 5.32 Å². The fourth-order valence-corrected chi connectivity index (χ4v) is 3.02. The molecule has 1 N–H and O–H groups in total. The number of amides is 1. The van der Waals surface area contributed by atoms with E-state index in [0.29, 0.717) is 36.8 Å². The molecule has 2 atom stereocenters. The quantitative estimate of drug-likeness (QED) is 0.870. The van der Waals surface area contributed by atoms with Gasteiger partial charge in [0.25, 0.3) is 5.91 Å². The SMILES string of the molecule is Cc1nnc(C[C@@H]2CC[C@H](NC(=O)c3cc(F)c(F)cc3F)C2)o1. The maximum Gasteiger partial charge on any atom is 0.254 e. The summed E-state index contributed by atoms with van der Waals surface area (Å²) in [7, 11) is 0. The van der Waals surface area contributed by atoms with Gasteiger partial charge in [0.2, 0.25) is 11.8 Å². The zero-order valence-corrected chi connectivity index (χ0v) is 13.0. The molecule has 3 rings (SSSR count). The zero-order chi connectivity index (χ0) is 17.3. The van der Waals surface area contributed by atoms with Crippen LogP contribution >= 0.6 is 0 Å². The molecule has 1 aliphatic carbocycles. The Bertz CT molecular complexity index is 763. The van der Waals surface area contributed by atoms with Crippen LogP contribution in [0.3, 0.4) is 0 Å². The summed E-state index contributed by atoms with van der Waals surface area (Å²) in [4.78, 5) is 12.1. The first-order chi connectivity index (χ1) is 11.4. The van der Waals surface area contributed by atoms with Crippen molar-refractivity contribution >= 4 is 5.91 Å². The average Bonchev–Trinajstić information content (AvgIpc) is 3.12. The van der Waals surface area contributed by atoms with Gasteiger partial charge in [-0.2, -0.15) is 0 Å². The van der Waals surface area contributed by atoms with Crippen molar-refractivity contribution in [3.05, 3.63) is 46.9 Å². The number of aryl methyl sites for hydroxylation is 1. The van der Waals surface area contributed by atoms with Gasteiger partial charge in [-0.05, 0) is 31.2 Å². The Labute approximate surface area is 136 Å². The van der Waals surface area contributed by atoms with Crippen LogP contribution in [0.5, 0.6) is 0 Å². The molecule has 0 aliphatic heterocycles. The summed E-state index contributed by atoms with van der Waals surface area (Å²) in [6.07, 6.45) is 2.87. The highest BCUT2D eigenvalue weighted by atomic mass is 19.2. The fraction of sp³-hybridized carbons (Fsp3) is 0.438. The molecule has 1 aromatic carbocycles. The monoisotopic (exact) mass is 339 g/mol. The first-order valence-corrected chi connectivity index (χ1v) is 7.66. The molecule has 0 unspecified atom stereocenters. The molecule has 0 bridgehead atoms. The second-order valence-electron chi connectivity index (χ2n) is 6.01. The highest BCUT2D eigenvalue weighted by molar-refractivity contribution is 5.94. The van der Waals surface area contributed by atoms with Gasteiger partial charge < -0.3 is 9.73 Å². The fourth-order valence-electron chi connectivity index (χ4n) is 3.02. The highest BCUT2D eigenvalue weighted by Crippen LogP contribution is 2.28. The normalized spacial score (nSPS) is 20.3. The van der Waals surface area contributed by atoms with Crippen molar-refractivity contribution in [2.45, 2.75) is 38.6 Å². The van der Waals surface area contributed by atoms with Gasteiger partial charge in [-0.15, -0.1) is 10.2 Å². The van der Waals surface area contributed by atoms with Crippen molar-refractivity contribution in [1.82, 2.24) is 15.5 Å². The van der Waals surface area contributed by atoms with Crippen LogP contribution in [-0.4, -0.2) is 22.1 Å². The molecule has 1 aliphatic rings. The molecule has 1 heterocycles. The van der Waals surface area contributed by atoms with Crippen LogP contribution in [0.4, 0.5) is 13.2 Å². The highest BCUT2D eigenvalue weighted by Gasteiger charge is 2.28. The molecule has 5 nitrogen and oxygen atoms in total. The molecule has 0 radical (unpaired) electrons. The predicted octanol–water partition coefficient (Wildman–Crippen LogP) is 2.94. The minimum absolute atomic E-state index is 0.154. The van der Waals surface area contributed by atoms with Crippen molar-refractivity contribution < 1.29 is 22.4 Å². The number of nitrogens with one attached hydrogen (secondary N) is 1. The largest absolute Gasteiger partial charge is 0.426 e. The molecular weight excluding hydrogens is 323 g/mol. The van der Waals surface area contributed by atoms with E-state index in [1.165, 1.54) is 0 Å². The number of carbonyl (C=O) groups is 1. The second-order valence-corrected chi connectivity index (χ2v) is 6.01. The van der Waals surface area contributed by atoms with Gasteiger partial charge >= 0.3 is 0 Å². The van der Waals surface area contributed by atoms with E-state index in [4.69, 9.17) is 4.42 Å². The van der Waals surface area contributed by atoms with Gasteiger partial charge in [-0.1, -0.05) is 0 Å². The summed E-state index contributed by atoms with van der Waals surface area (Å²) >= 11 is 0. The molecule has 24 heavy (non-hydrogen) atoms. The van der Waals surface area contributed by atoms with Crippen molar-refractivity contribution in [3.63, 3.8) is 0 Å². The van der Waals surface area contributed by atoms with Crippen molar-refractivity contribution in [2.24, 2.45) is 5.92 Å². The molecule has 8 heteroatoms. The van der Waals surface area contributed by atoms with Crippen LogP contribution in [-0.2, 0) is 6.42 Å². The van der Waals surface area contributed by atoms with Gasteiger partial charge in [0, 0.05) is 25.5 Å². The minimum Gasteiger partial charge on any atom is -0.426 e. The zero-order valence-electron chi connectivity index (χ0n) is 13.0. The number of rotatable bonds is 4. The van der Waals surface area contributed by atoms with E-state index in [1.54, 1.807) is 6.92 Å². The summed E-state index contributed by atoms with van der Waals surface area (Å²) in [5.41, 5.74) is -0.495. The average molecular weight is 339 g/mol. The molecule has 0 spiro atoms. The van der Waals surface area contributed by atoms with Crippen LogP contribution in [0.15, 0.2) is 16.5 Å². The summed E-state index contributed by atoms with van der Waals surface area (Å²) in [6.45, 7) is 1.71. The summed E-state index contributed by atoms with van der Waals surface area (Å²) in [5, 5.41) is 10.4. The van der Waals surface area contributed by atoms with Gasteiger partial charge in [0.15, 0.2) is 11.6 Å². The number of aromatic nitrogens is 2. The van der Waals surface area contributed by atoms with E-state index >= 15 is 0 Å². The van der Waals surface area contributed by atoms with Crippen LogP contribution in [0.1, 0.15) is 41.4 Å². The number of carbonyl (C=O) groups excluding carboxylic acids is 1. The maximum atomic E-state index is 13.6. The molecule has 1 fully saturated rings. The Morgan fingerprint density at radius 1 is 1.21 bits per heavy atom. The van der Waals surface area contributed by atoms with Gasteiger partial charge in [-0.25, -0.2) is 13.2 Å². The Morgan fingerprint density at radius 2 is 1.96 bits per heavy atom. The van der Waals surface area contributed by atoms with Gasteiger partial charge in [-0.3, -0.25) is 4.79 Å². The van der Waals surface area contributed by atoms with E-state index in [9.17, 15) is 18.0 Å². The molecule has 1 aromatic heterocycles. The van der Waals surface area contributed by atoms with E-state index in [2.05, 4.69) is 15.5 Å². The molecule has 0 saturated heterocycles. The summed E-state index contributed by atoms with van der Waals surface area (Å²) in [5.74, 6) is -3.08. The Morgan fingerprint density at radius 3 is 2.67 bits per heavy atom. The lowest BCUT2D eigenvalue weighted by Crippen LogP contribution is -2.33. The predicted molar refractivity (Wildman–Crippen MR) is 77.7 cm³/mol. The third-order valence-electron chi connectivity index (χ3n) is 4.16. The Hall–Kier alpha value is -2.38. The van der Waals surface area contributed by atoms with E-state index in [-0.39, 0.29) is 12.0 Å². The van der Waals surface area contributed by atoms with E-state index in [1.807, 2.05) is 0 Å². The van der Waals surface area contributed by atoms with Crippen molar-refractivity contribution in [1.29, 1.82) is 0 Å². The van der Waals surface area contributed by atoms with Gasteiger partial charge in [0.05, 0.1) is 5.56 Å². The standard InChI is InChI=1S/C16H16F3N3O2/c1-8-21-22-15(24-8)5-9-2-3-10(4-9)20-16(23)11-6-13(18)14(19)7-12(11)17/h6-7,9-10H,2-5H2,1H3,(H,20,23)/t9-,10+/m1/s1. The first-order valence-electron chi connectivity index (χ1n) is 7.66. The van der Waals surface area contributed by atoms with Crippen LogP contribution in [0, 0.1) is 30.3 Å². The number of hydrogen-bond acceptors (Lipinski definition) is 4.